The molecule has 148 valence electrons. The topological polar surface area (TPSA) is 88.3 Å². The molecule has 9 heteroatoms. The molecule has 0 unspecified atom stereocenters. The number of nitrogens with zero attached hydrogens (tertiary/aromatic N) is 3. The highest BCUT2D eigenvalue weighted by Gasteiger charge is 2.21. The van der Waals surface area contributed by atoms with Gasteiger partial charge in [-0.15, -0.1) is 0 Å². The average Bonchev–Trinajstić information content (AvgIpc) is 3.06. The van der Waals surface area contributed by atoms with Crippen molar-refractivity contribution in [3.8, 4) is 11.4 Å². The van der Waals surface area contributed by atoms with E-state index in [1.807, 2.05) is 0 Å². The van der Waals surface area contributed by atoms with Crippen molar-refractivity contribution in [2.45, 2.75) is 38.6 Å². The van der Waals surface area contributed by atoms with Crippen LogP contribution in [0.3, 0.4) is 0 Å². The fourth-order valence-electron chi connectivity index (χ4n) is 3.24. The molecule has 0 aliphatic carbocycles. The summed E-state index contributed by atoms with van der Waals surface area (Å²) in [5.74, 6) is 0.656. The fraction of sp³-hybridized carbons (Fsp3) is 0.556. The lowest BCUT2D eigenvalue weighted by molar-refractivity contribution is 0.203. The molecule has 0 saturated carbocycles. The monoisotopic (exact) mass is 396 g/mol. The number of piperidine rings is 1. The number of aryl methyl sites for hydroxylation is 2. The first-order chi connectivity index (χ1) is 12.8. The predicted octanol–water partition coefficient (Wildman–Crippen LogP) is 2.13. The van der Waals surface area contributed by atoms with Crippen molar-refractivity contribution in [3.05, 3.63) is 35.5 Å². The highest BCUT2D eigenvalue weighted by atomic mass is 32.2. The first-order valence-electron chi connectivity index (χ1n) is 9.09. The van der Waals surface area contributed by atoms with Crippen LogP contribution in [-0.4, -0.2) is 55.4 Å². The third-order valence-electron chi connectivity index (χ3n) is 4.73. The summed E-state index contributed by atoms with van der Waals surface area (Å²) in [6.07, 6.45) is 4.35. The molecule has 1 aliphatic heterocycles. The van der Waals surface area contributed by atoms with E-state index in [1.54, 1.807) is 19.1 Å². The Morgan fingerprint density at radius 2 is 2.07 bits per heavy atom. The summed E-state index contributed by atoms with van der Waals surface area (Å²) in [6.45, 7) is 4.33. The molecule has 27 heavy (non-hydrogen) atoms. The van der Waals surface area contributed by atoms with Crippen LogP contribution in [0.5, 0.6) is 0 Å². The lowest BCUT2D eigenvalue weighted by Crippen LogP contribution is -2.44. The third kappa shape index (κ3) is 5.82. The van der Waals surface area contributed by atoms with Gasteiger partial charge in [0.2, 0.25) is 21.7 Å². The van der Waals surface area contributed by atoms with Gasteiger partial charge in [-0.1, -0.05) is 17.3 Å². The van der Waals surface area contributed by atoms with Crippen molar-refractivity contribution >= 4 is 10.0 Å². The highest BCUT2D eigenvalue weighted by Crippen LogP contribution is 2.19. The Bertz CT molecular complexity index is 876. The largest absolute Gasteiger partial charge is 0.339 e. The Kier molecular flexibility index (Phi) is 6.23. The molecule has 1 aromatic carbocycles. The molecule has 2 aromatic rings. The zero-order chi connectivity index (χ0) is 19.4. The quantitative estimate of drug-likeness (QED) is 0.771. The van der Waals surface area contributed by atoms with Gasteiger partial charge in [-0.3, -0.25) is 0 Å². The lowest BCUT2D eigenvalue weighted by atomic mass is 10.1. The van der Waals surface area contributed by atoms with Crippen LogP contribution in [0, 0.1) is 12.7 Å². The van der Waals surface area contributed by atoms with Crippen molar-refractivity contribution in [1.82, 2.24) is 19.8 Å². The van der Waals surface area contributed by atoms with Crippen LogP contribution in [0.2, 0.25) is 0 Å². The van der Waals surface area contributed by atoms with Gasteiger partial charge in [0.1, 0.15) is 5.82 Å². The molecule has 0 atom stereocenters. The summed E-state index contributed by atoms with van der Waals surface area (Å²) < 4.78 is 44.2. The van der Waals surface area contributed by atoms with E-state index in [0.717, 1.165) is 38.9 Å². The van der Waals surface area contributed by atoms with Crippen LogP contribution in [-0.2, 0) is 16.4 Å². The lowest BCUT2D eigenvalue weighted by Gasteiger charge is -2.31. The van der Waals surface area contributed by atoms with Crippen LogP contribution >= 0.6 is 0 Å². The maximum absolute atomic E-state index is 13.7. The highest BCUT2D eigenvalue weighted by molar-refractivity contribution is 7.88. The first kappa shape index (κ1) is 19.9. The number of rotatable bonds is 7. The number of halogens is 1. The normalized spacial score (nSPS) is 16.7. The zero-order valence-corrected chi connectivity index (χ0v) is 16.4. The van der Waals surface area contributed by atoms with E-state index in [1.165, 1.54) is 12.3 Å². The molecule has 7 nitrogen and oxygen atoms in total. The second kappa shape index (κ2) is 8.45. The van der Waals surface area contributed by atoms with E-state index >= 15 is 0 Å². The molecule has 2 heterocycles. The van der Waals surface area contributed by atoms with Crippen LogP contribution in [0.25, 0.3) is 11.4 Å². The van der Waals surface area contributed by atoms with Crippen molar-refractivity contribution in [2.75, 3.05) is 25.9 Å². The zero-order valence-electron chi connectivity index (χ0n) is 15.6. The number of likely N-dealkylation sites (tertiary alicyclic amines) is 1. The van der Waals surface area contributed by atoms with Crippen molar-refractivity contribution in [3.63, 3.8) is 0 Å². The second-order valence-corrected chi connectivity index (χ2v) is 8.87. The minimum absolute atomic E-state index is 0.0321. The number of sulfonamides is 1. The van der Waals surface area contributed by atoms with Gasteiger partial charge >= 0.3 is 0 Å². The van der Waals surface area contributed by atoms with E-state index in [4.69, 9.17) is 4.52 Å². The maximum Gasteiger partial charge on any atom is 0.227 e. The fourth-order valence-corrected chi connectivity index (χ4v) is 4.08. The number of benzene rings is 1. The molecule has 1 saturated heterocycles. The van der Waals surface area contributed by atoms with Crippen molar-refractivity contribution in [1.29, 1.82) is 0 Å². The Morgan fingerprint density at radius 3 is 2.74 bits per heavy atom. The standard InChI is InChI=1S/C18H25FN4O3S/c1-13-5-6-14(12-16(13)19)18-20-17(26-21-18)4-3-9-23-10-7-15(8-11-23)22-27(2,24)25/h5-6,12,15,22H,3-4,7-11H2,1-2H3. The molecule has 1 fully saturated rings. The predicted molar refractivity (Wildman–Crippen MR) is 100 cm³/mol. The molecule has 1 aliphatic rings. The van der Waals surface area contributed by atoms with Gasteiger partial charge in [0, 0.05) is 18.0 Å². The van der Waals surface area contributed by atoms with Crippen LogP contribution in [0.4, 0.5) is 4.39 Å². The van der Waals surface area contributed by atoms with E-state index in [0.29, 0.717) is 29.3 Å². The van der Waals surface area contributed by atoms with Gasteiger partial charge in [0.25, 0.3) is 0 Å². The van der Waals surface area contributed by atoms with Crippen LogP contribution < -0.4 is 4.72 Å². The summed E-state index contributed by atoms with van der Waals surface area (Å²) >= 11 is 0. The smallest absolute Gasteiger partial charge is 0.227 e. The number of aromatic nitrogens is 2. The van der Waals surface area contributed by atoms with E-state index < -0.39 is 10.0 Å². The molecule has 1 aromatic heterocycles. The Hall–Kier alpha value is -1.84. The molecular formula is C18H25FN4O3S. The van der Waals surface area contributed by atoms with Gasteiger partial charge in [0.15, 0.2) is 0 Å². The van der Waals surface area contributed by atoms with E-state index in [2.05, 4.69) is 19.8 Å². The summed E-state index contributed by atoms with van der Waals surface area (Å²) in [5, 5.41) is 3.94. The van der Waals surface area contributed by atoms with Gasteiger partial charge in [0.05, 0.1) is 6.26 Å². The SMILES string of the molecule is Cc1ccc(-c2noc(CCCN3CCC(NS(C)(=O)=O)CC3)n2)cc1F. The van der Waals surface area contributed by atoms with Crippen LogP contribution in [0.15, 0.2) is 22.7 Å². The second-order valence-electron chi connectivity index (χ2n) is 7.09. The summed E-state index contributed by atoms with van der Waals surface area (Å²) in [6, 6.07) is 4.92. The summed E-state index contributed by atoms with van der Waals surface area (Å²) in [5.41, 5.74) is 1.19. The summed E-state index contributed by atoms with van der Waals surface area (Å²) in [7, 11) is -3.14. The molecule has 3 rings (SSSR count). The van der Waals surface area contributed by atoms with Gasteiger partial charge in [-0.25, -0.2) is 17.5 Å². The average molecular weight is 396 g/mol. The number of nitrogens with one attached hydrogen (secondary N) is 1. The minimum atomic E-state index is -3.14. The Morgan fingerprint density at radius 1 is 1.33 bits per heavy atom. The van der Waals surface area contributed by atoms with E-state index in [9.17, 15) is 12.8 Å². The molecule has 0 spiro atoms. The molecule has 0 radical (unpaired) electrons. The van der Waals surface area contributed by atoms with Gasteiger partial charge in [-0.2, -0.15) is 4.98 Å². The Balaban J connectivity index is 1.44. The third-order valence-corrected chi connectivity index (χ3v) is 5.49. The maximum atomic E-state index is 13.7. The van der Waals surface area contributed by atoms with Gasteiger partial charge < -0.3 is 9.42 Å². The minimum Gasteiger partial charge on any atom is -0.339 e. The number of hydrogen-bond donors (Lipinski definition) is 1. The molecule has 0 bridgehead atoms. The number of hydrogen-bond acceptors (Lipinski definition) is 6. The van der Waals surface area contributed by atoms with Crippen molar-refractivity contribution < 1.29 is 17.3 Å². The van der Waals surface area contributed by atoms with Crippen molar-refractivity contribution in [2.24, 2.45) is 0 Å². The Labute approximate surface area is 159 Å². The molecular weight excluding hydrogens is 371 g/mol. The van der Waals surface area contributed by atoms with Crippen LogP contribution in [0.1, 0.15) is 30.7 Å². The molecule has 0 amide bonds. The van der Waals surface area contributed by atoms with E-state index in [-0.39, 0.29) is 11.9 Å². The summed E-state index contributed by atoms with van der Waals surface area (Å²) in [4.78, 5) is 6.66. The first-order valence-corrected chi connectivity index (χ1v) is 11.0. The van der Waals surface area contributed by atoms with Gasteiger partial charge in [-0.05, 0) is 57.5 Å². The molecule has 1 N–H and O–H groups in total.